The molecule has 0 atom stereocenters. The van der Waals surface area contributed by atoms with E-state index in [4.69, 9.17) is 14.4 Å². The van der Waals surface area contributed by atoms with Gasteiger partial charge in [-0.2, -0.15) is 10.4 Å². The van der Waals surface area contributed by atoms with Gasteiger partial charge in [-0.3, -0.25) is 4.79 Å². The Balaban J connectivity index is 1.34. The Morgan fingerprint density at radius 3 is 2.46 bits per heavy atom. The van der Waals surface area contributed by atoms with Crippen LogP contribution in [-0.2, 0) is 6.54 Å². The fourth-order valence-corrected chi connectivity index (χ4v) is 4.11. The van der Waals surface area contributed by atoms with E-state index in [9.17, 15) is 4.79 Å². The highest BCUT2D eigenvalue weighted by molar-refractivity contribution is 7.99. The summed E-state index contributed by atoms with van der Waals surface area (Å²) in [5, 5.41) is 23.3. The van der Waals surface area contributed by atoms with Crippen molar-refractivity contribution in [3.63, 3.8) is 0 Å². The first-order chi connectivity index (χ1) is 17.2. The van der Waals surface area contributed by atoms with Crippen molar-refractivity contribution >= 4 is 22.5 Å². The number of fused-ring (bicyclic) bond motifs is 1. The summed E-state index contributed by atoms with van der Waals surface area (Å²) in [4.78, 5) is 13.0. The average molecular weight is 482 g/mol. The topological polar surface area (TPSA) is 107 Å². The Morgan fingerprint density at radius 2 is 1.69 bits per heavy atom. The van der Waals surface area contributed by atoms with Crippen LogP contribution in [0.2, 0.25) is 0 Å². The van der Waals surface area contributed by atoms with Crippen LogP contribution in [0.1, 0.15) is 11.1 Å². The van der Waals surface area contributed by atoms with Crippen LogP contribution in [0.3, 0.4) is 0 Å². The van der Waals surface area contributed by atoms with Gasteiger partial charge in [0.1, 0.15) is 5.75 Å². The van der Waals surface area contributed by atoms with Crippen molar-refractivity contribution in [3.8, 4) is 23.4 Å². The van der Waals surface area contributed by atoms with Gasteiger partial charge in [0.05, 0.1) is 30.2 Å². The minimum atomic E-state index is -0.178. The predicted molar refractivity (Wildman–Crippen MR) is 132 cm³/mol. The van der Waals surface area contributed by atoms with Gasteiger partial charge in [0.25, 0.3) is 16.7 Å². The third kappa shape index (κ3) is 5.08. The average Bonchev–Trinajstić information content (AvgIpc) is 3.38. The highest BCUT2D eigenvalue weighted by Gasteiger charge is 2.18. The number of ether oxygens (including phenoxy) is 1. The van der Waals surface area contributed by atoms with E-state index in [2.05, 4.69) is 21.4 Å². The van der Waals surface area contributed by atoms with Crippen molar-refractivity contribution in [2.75, 3.05) is 12.4 Å². The van der Waals surface area contributed by atoms with E-state index in [1.54, 1.807) is 30.3 Å². The van der Waals surface area contributed by atoms with Gasteiger partial charge >= 0.3 is 0 Å². The number of rotatable bonds is 8. The Bertz CT molecular complexity index is 1560. The standard InChI is InChI=1S/C26H19N5O3S/c27-16-18-10-12-20(13-11-18)33-14-15-35-26-29-28-24(34-26)23-21-8-4-5-9-22(21)25(32)31(30-23)17-19-6-2-1-3-7-19/h1-13H,14-15,17H2. The smallest absolute Gasteiger partial charge is 0.277 e. The van der Waals surface area contributed by atoms with Gasteiger partial charge in [-0.25, -0.2) is 4.68 Å². The summed E-state index contributed by atoms with van der Waals surface area (Å²) >= 11 is 1.36. The van der Waals surface area contributed by atoms with E-state index < -0.39 is 0 Å². The summed E-state index contributed by atoms with van der Waals surface area (Å²) in [6.07, 6.45) is 0. The van der Waals surface area contributed by atoms with Gasteiger partial charge in [0.2, 0.25) is 0 Å². The molecule has 0 N–H and O–H groups in total. The molecule has 2 aromatic heterocycles. The molecule has 5 aromatic rings. The van der Waals surface area contributed by atoms with Gasteiger partial charge in [-0.1, -0.05) is 60.3 Å². The molecular formula is C26H19N5O3S. The van der Waals surface area contributed by atoms with Crippen molar-refractivity contribution in [1.29, 1.82) is 5.26 Å². The van der Waals surface area contributed by atoms with Crippen molar-refractivity contribution in [1.82, 2.24) is 20.0 Å². The molecular weight excluding hydrogens is 462 g/mol. The maximum absolute atomic E-state index is 13.0. The third-order valence-electron chi connectivity index (χ3n) is 5.21. The largest absolute Gasteiger partial charge is 0.493 e. The summed E-state index contributed by atoms with van der Waals surface area (Å²) in [5.41, 5.74) is 1.83. The zero-order chi connectivity index (χ0) is 24.0. The van der Waals surface area contributed by atoms with Crippen molar-refractivity contribution in [2.45, 2.75) is 11.8 Å². The number of thioether (sulfide) groups is 1. The van der Waals surface area contributed by atoms with Crippen LogP contribution >= 0.6 is 11.8 Å². The molecule has 0 fully saturated rings. The fourth-order valence-electron chi connectivity index (χ4n) is 3.53. The highest BCUT2D eigenvalue weighted by atomic mass is 32.2. The summed E-state index contributed by atoms with van der Waals surface area (Å²) < 4.78 is 13.0. The van der Waals surface area contributed by atoms with E-state index in [1.165, 1.54) is 16.4 Å². The second-order valence-electron chi connectivity index (χ2n) is 7.55. The molecule has 0 saturated heterocycles. The van der Waals surface area contributed by atoms with E-state index in [0.29, 0.717) is 51.9 Å². The summed E-state index contributed by atoms with van der Waals surface area (Å²) in [5.74, 6) is 1.52. The zero-order valence-corrected chi connectivity index (χ0v) is 19.3. The van der Waals surface area contributed by atoms with E-state index in [0.717, 1.165) is 5.56 Å². The van der Waals surface area contributed by atoms with Gasteiger partial charge < -0.3 is 9.15 Å². The van der Waals surface area contributed by atoms with Crippen LogP contribution < -0.4 is 10.3 Å². The van der Waals surface area contributed by atoms with Gasteiger partial charge in [-0.05, 0) is 35.9 Å². The first kappa shape index (κ1) is 22.4. The molecule has 172 valence electrons. The molecule has 0 radical (unpaired) electrons. The number of benzene rings is 3. The minimum Gasteiger partial charge on any atom is -0.493 e. The second kappa shape index (κ2) is 10.2. The number of hydrogen-bond acceptors (Lipinski definition) is 8. The van der Waals surface area contributed by atoms with Crippen LogP contribution in [0.5, 0.6) is 5.75 Å². The summed E-state index contributed by atoms with van der Waals surface area (Å²) in [6.45, 7) is 0.761. The van der Waals surface area contributed by atoms with E-state index in [1.807, 2.05) is 48.5 Å². The molecule has 0 aliphatic carbocycles. The fraction of sp³-hybridized carbons (Fsp3) is 0.115. The molecule has 35 heavy (non-hydrogen) atoms. The number of nitriles is 1. The Labute approximate surface area is 204 Å². The number of aromatic nitrogens is 4. The molecule has 0 unspecified atom stereocenters. The second-order valence-corrected chi connectivity index (χ2v) is 8.59. The lowest BCUT2D eigenvalue weighted by Crippen LogP contribution is -2.24. The SMILES string of the molecule is N#Cc1ccc(OCCSc2nnc(-c3nn(Cc4ccccc4)c(=O)c4ccccc34)o2)cc1. The van der Waals surface area contributed by atoms with Crippen LogP contribution in [-0.4, -0.2) is 32.3 Å². The molecule has 0 bridgehead atoms. The molecule has 9 heteroatoms. The Morgan fingerprint density at radius 1 is 0.943 bits per heavy atom. The zero-order valence-electron chi connectivity index (χ0n) is 18.5. The number of hydrogen-bond donors (Lipinski definition) is 0. The van der Waals surface area contributed by atoms with Gasteiger partial charge in [-0.15, -0.1) is 10.2 Å². The van der Waals surface area contributed by atoms with Crippen LogP contribution in [0.25, 0.3) is 22.4 Å². The molecule has 0 aliphatic rings. The first-order valence-electron chi connectivity index (χ1n) is 10.8. The Hall–Kier alpha value is -4.42. The molecule has 0 spiro atoms. The van der Waals surface area contributed by atoms with Gasteiger partial charge in [0.15, 0.2) is 5.69 Å². The molecule has 8 nitrogen and oxygen atoms in total. The first-order valence-corrected chi connectivity index (χ1v) is 11.8. The maximum Gasteiger partial charge on any atom is 0.277 e. The van der Waals surface area contributed by atoms with Crippen LogP contribution in [0, 0.1) is 11.3 Å². The monoisotopic (exact) mass is 481 g/mol. The minimum absolute atomic E-state index is 0.178. The normalized spacial score (nSPS) is 10.8. The highest BCUT2D eigenvalue weighted by Crippen LogP contribution is 2.26. The third-order valence-corrected chi connectivity index (χ3v) is 6.00. The van der Waals surface area contributed by atoms with E-state index in [-0.39, 0.29) is 11.4 Å². The molecule has 3 aromatic carbocycles. The van der Waals surface area contributed by atoms with E-state index >= 15 is 0 Å². The Kier molecular flexibility index (Phi) is 6.55. The number of nitrogens with zero attached hydrogens (tertiary/aromatic N) is 5. The maximum atomic E-state index is 13.0. The molecule has 5 rings (SSSR count). The quantitative estimate of drug-likeness (QED) is 0.235. The van der Waals surface area contributed by atoms with Crippen LogP contribution in [0.15, 0.2) is 93.3 Å². The van der Waals surface area contributed by atoms with Gasteiger partial charge in [0, 0.05) is 11.1 Å². The predicted octanol–water partition coefficient (Wildman–Crippen LogP) is 4.54. The lowest BCUT2D eigenvalue weighted by Gasteiger charge is -2.09. The molecule has 0 aliphatic heterocycles. The molecule has 0 amide bonds. The summed E-state index contributed by atoms with van der Waals surface area (Å²) in [7, 11) is 0. The van der Waals surface area contributed by atoms with Crippen molar-refractivity contribution in [2.24, 2.45) is 0 Å². The molecule has 2 heterocycles. The lowest BCUT2D eigenvalue weighted by molar-refractivity contribution is 0.343. The van der Waals surface area contributed by atoms with Crippen molar-refractivity contribution in [3.05, 3.63) is 100 Å². The van der Waals surface area contributed by atoms with Crippen molar-refractivity contribution < 1.29 is 9.15 Å². The lowest BCUT2D eigenvalue weighted by atomic mass is 10.1. The van der Waals surface area contributed by atoms with Crippen LogP contribution in [0.4, 0.5) is 0 Å². The molecule has 0 saturated carbocycles. The summed E-state index contributed by atoms with van der Waals surface area (Å²) in [6, 6.07) is 26.0.